The predicted octanol–water partition coefficient (Wildman–Crippen LogP) is 2.91. The zero-order valence-electron chi connectivity index (χ0n) is 8.91. The van der Waals surface area contributed by atoms with E-state index in [2.05, 4.69) is 15.9 Å². The van der Waals surface area contributed by atoms with Crippen LogP contribution in [0.4, 0.5) is 0 Å². The number of hydrogen-bond acceptors (Lipinski definition) is 2. The highest BCUT2D eigenvalue weighted by molar-refractivity contribution is 5.13. The topological polar surface area (TPSA) is 58.0 Å². The van der Waals surface area contributed by atoms with E-state index in [-0.39, 0.29) is 12.6 Å². The van der Waals surface area contributed by atoms with Gasteiger partial charge in [0.1, 0.15) is 0 Å². The minimum absolute atomic E-state index is 0.207. The summed E-state index contributed by atoms with van der Waals surface area (Å²) in [6.45, 7) is 0.752. The Labute approximate surface area is 94.9 Å². The van der Waals surface area contributed by atoms with E-state index in [4.69, 9.17) is 16.7 Å². The highest BCUT2D eigenvalue weighted by Crippen LogP contribution is 2.06. The fraction of sp³-hybridized carbons (Fsp3) is 0.333. The van der Waals surface area contributed by atoms with Gasteiger partial charge in [-0.05, 0) is 11.1 Å². The molecule has 4 heteroatoms. The molecule has 1 rings (SSSR count). The summed E-state index contributed by atoms with van der Waals surface area (Å²) in [5, 5.41) is 3.46. The van der Waals surface area contributed by atoms with E-state index in [0.717, 1.165) is 5.56 Å². The van der Waals surface area contributed by atoms with E-state index in [1.54, 1.807) is 0 Å². The number of rotatable bonds is 6. The van der Waals surface area contributed by atoms with Crippen LogP contribution in [0.15, 0.2) is 35.4 Å². The Morgan fingerprint density at radius 2 is 2.19 bits per heavy atom. The largest absolute Gasteiger partial charge is 0.372 e. The van der Waals surface area contributed by atoms with Crippen LogP contribution >= 0.6 is 0 Å². The highest BCUT2D eigenvalue weighted by Gasteiger charge is 2.06. The van der Waals surface area contributed by atoms with E-state index >= 15 is 0 Å². The summed E-state index contributed by atoms with van der Waals surface area (Å²) in [6.07, 6.45) is 5.45. The lowest BCUT2D eigenvalue weighted by Gasteiger charge is -2.12. The molecule has 1 aromatic rings. The fourth-order valence-electron chi connectivity index (χ4n) is 1.22. The van der Waals surface area contributed by atoms with Crippen molar-refractivity contribution in [3.63, 3.8) is 0 Å². The van der Waals surface area contributed by atoms with Crippen molar-refractivity contribution in [3.05, 3.63) is 46.3 Å². The van der Waals surface area contributed by atoms with E-state index in [9.17, 15) is 0 Å². The zero-order valence-corrected chi connectivity index (χ0v) is 8.91. The normalized spacial score (nSPS) is 11.2. The van der Waals surface area contributed by atoms with Gasteiger partial charge in [0, 0.05) is 11.3 Å². The molecule has 0 unspecified atom stereocenters. The fourth-order valence-corrected chi connectivity index (χ4v) is 1.22. The monoisotopic (exact) mass is 215 g/mol. The maximum absolute atomic E-state index is 8.22. The molecule has 4 nitrogen and oxygen atoms in total. The van der Waals surface area contributed by atoms with Gasteiger partial charge >= 0.3 is 0 Å². The quantitative estimate of drug-likeness (QED) is 0.311. The van der Waals surface area contributed by atoms with Crippen molar-refractivity contribution < 1.29 is 4.74 Å². The molecule has 0 aliphatic rings. The molecule has 0 spiro atoms. The van der Waals surface area contributed by atoms with E-state index in [1.807, 2.05) is 30.3 Å². The summed E-state index contributed by atoms with van der Waals surface area (Å²) in [6, 6.07) is 9.79. The molecule has 0 aromatic heterocycles. The van der Waals surface area contributed by atoms with E-state index in [1.165, 1.54) is 0 Å². The number of nitrogens with zero attached hydrogens (tertiary/aromatic N) is 3. The van der Waals surface area contributed by atoms with Crippen molar-refractivity contribution in [2.75, 3.05) is 6.54 Å². The number of ether oxygens (including phenoxy) is 1. The number of azide groups is 1. The van der Waals surface area contributed by atoms with Crippen LogP contribution in [0.5, 0.6) is 0 Å². The van der Waals surface area contributed by atoms with Gasteiger partial charge in [0.2, 0.25) is 0 Å². The van der Waals surface area contributed by atoms with Gasteiger partial charge in [-0.1, -0.05) is 35.4 Å². The van der Waals surface area contributed by atoms with Crippen LogP contribution in [0.25, 0.3) is 10.4 Å². The van der Waals surface area contributed by atoms with Crippen LogP contribution in [0.3, 0.4) is 0 Å². The van der Waals surface area contributed by atoms with Crippen LogP contribution in [0, 0.1) is 12.3 Å². The maximum atomic E-state index is 8.22. The molecule has 0 fully saturated rings. The molecule has 0 N–H and O–H groups in total. The van der Waals surface area contributed by atoms with Gasteiger partial charge in [0.25, 0.3) is 0 Å². The minimum atomic E-state index is -0.207. The third-order valence-corrected chi connectivity index (χ3v) is 2.02. The molecule has 0 heterocycles. The van der Waals surface area contributed by atoms with Gasteiger partial charge in [0.05, 0.1) is 19.3 Å². The minimum Gasteiger partial charge on any atom is -0.372 e. The maximum Gasteiger partial charge on any atom is 0.0744 e. The van der Waals surface area contributed by atoms with Crippen LogP contribution in [-0.2, 0) is 11.3 Å². The Morgan fingerprint density at radius 1 is 1.44 bits per heavy atom. The van der Waals surface area contributed by atoms with Crippen molar-refractivity contribution in [3.8, 4) is 12.3 Å². The second-order valence-corrected chi connectivity index (χ2v) is 3.24. The second kappa shape index (κ2) is 7.36. The average Bonchev–Trinajstić information content (AvgIpc) is 2.34. The van der Waals surface area contributed by atoms with Crippen molar-refractivity contribution in [2.24, 2.45) is 5.11 Å². The molecule has 0 radical (unpaired) electrons. The number of terminal acetylenes is 1. The molecular formula is C12H13N3O. The van der Waals surface area contributed by atoms with Gasteiger partial charge in [-0.2, -0.15) is 0 Å². The molecule has 0 saturated heterocycles. The summed E-state index contributed by atoms with van der Waals surface area (Å²) < 4.78 is 5.56. The summed E-state index contributed by atoms with van der Waals surface area (Å²) >= 11 is 0. The Bertz CT molecular complexity index is 390. The smallest absolute Gasteiger partial charge is 0.0744 e. The molecule has 1 atom stereocenters. The zero-order chi connectivity index (χ0) is 11.6. The third-order valence-electron chi connectivity index (χ3n) is 2.02. The molecule has 0 saturated carbocycles. The van der Waals surface area contributed by atoms with Crippen LogP contribution in [0.1, 0.15) is 12.0 Å². The standard InChI is InChI=1S/C12H13N3O/c1-2-6-12(9-14-15-13)16-10-11-7-4-3-5-8-11/h1,3-5,7-8,12H,6,9-10H2/t12-/m1/s1. The van der Waals surface area contributed by atoms with Crippen LogP contribution in [-0.4, -0.2) is 12.6 Å². The average molecular weight is 215 g/mol. The first-order valence-electron chi connectivity index (χ1n) is 4.96. The van der Waals surface area contributed by atoms with Crippen molar-refractivity contribution in [2.45, 2.75) is 19.1 Å². The van der Waals surface area contributed by atoms with E-state index < -0.39 is 0 Å². The summed E-state index contributed by atoms with van der Waals surface area (Å²) in [5.74, 6) is 2.50. The van der Waals surface area contributed by atoms with Crippen molar-refractivity contribution >= 4 is 0 Å². The van der Waals surface area contributed by atoms with Gasteiger partial charge in [0.15, 0.2) is 0 Å². The highest BCUT2D eigenvalue weighted by atomic mass is 16.5. The first kappa shape index (κ1) is 12.1. The summed E-state index contributed by atoms with van der Waals surface area (Å²) in [4.78, 5) is 2.69. The van der Waals surface area contributed by atoms with Gasteiger partial charge in [-0.3, -0.25) is 0 Å². The lowest BCUT2D eigenvalue weighted by Crippen LogP contribution is -2.15. The summed E-state index contributed by atoms with van der Waals surface area (Å²) in [7, 11) is 0. The number of hydrogen-bond donors (Lipinski definition) is 0. The lowest BCUT2D eigenvalue weighted by atomic mass is 10.2. The Kier molecular flexibility index (Phi) is 5.57. The van der Waals surface area contributed by atoms with Gasteiger partial charge < -0.3 is 4.74 Å². The first-order valence-corrected chi connectivity index (χ1v) is 4.96. The van der Waals surface area contributed by atoms with Crippen LogP contribution in [0.2, 0.25) is 0 Å². The Balaban J connectivity index is 2.43. The molecule has 16 heavy (non-hydrogen) atoms. The first-order chi connectivity index (χ1) is 7.86. The van der Waals surface area contributed by atoms with E-state index in [0.29, 0.717) is 13.0 Å². The molecule has 0 bridgehead atoms. The predicted molar refractivity (Wildman–Crippen MR) is 62.5 cm³/mol. The Morgan fingerprint density at radius 3 is 2.81 bits per heavy atom. The Hall–Kier alpha value is -1.95. The SMILES string of the molecule is C#CC[C@H](CN=[N+]=[N-])OCc1ccccc1. The second-order valence-electron chi connectivity index (χ2n) is 3.24. The molecule has 82 valence electrons. The molecule has 0 aliphatic carbocycles. The van der Waals surface area contributed by atoms with Crippen molar-refractivity contribution in [1.29, 1.82) is 0 Å². The molecule has 0 aliphatic heterocycles. The number of benzene rings is 1. The molecular weight excluding hydrogens is 202 g/mol. The lowest BCUT2D eigenvalue weighted by molar-refractivity contribution is 0.0500. The van der Waals surface area contributed by atoms with Crippen molar-refractivity contribution in [1.82, 2.24) is 0 Å². The molecule has 1 aromatic carbocycles. The summed E-state index contributed by atoms with van der Waals surface area (Å²) in [5.41, 5.74) is 9.29. The van der Waals surface area contributed by atoms with Gasteiger partial charge in [-0.15, -0.1) is 12.3 Å². The third kappa shape index (κ3) is 4.52. The van der Waals surface area contributed by atoms with Crippen LogP contribution < -0.4 is 0 Å². The van der Waals surface area contributed by atoms with Gasteiger partial charge in [-0.25, -0.2) is 0 Å². The molecule has 0 amide bonds.